The van der Waals surface area contributed by atoms with Crippen LogP contribution >= 0.6 is 34.8 Å². The first kappa shape index (κ1) is 19.6. The van der Waals surface area contributed by atoms with Crippen molar-refractivity contribution in [1.82, 2.24) is 4.90 Å². The van der Waals surface area contributed by atoms with E-state index in [1.807, 2.05) is 0 Å². The maximum Gasteiger partial charge on any atom is 0.250 e. The number of imide groups is 1. The van der Waals surface area contributed by atoms with Gasteiger partial charge in [0, 0.05) is 32.4 Å². The Morgan fingerprint density at radius 3 is 2.42 bits per heavy atom. The van der Waals surface area contributed by atoms with Gasteiger partial charge in [-0.15, -0.1) is 0 Å². The van der Waals surface area contributed by atoms with Gasteiger partial charge in [-0.2, -0.15) is 0 Å². The van der Waals surface area contributed by atoms with Gasteiger partial charge in [0.25, 0.3) is 0 Å². The molecule has 9 heteroatoms. The second-order valence-electron chi connectivity index (χ2n) is 8.46. The molecule has 3 saturated heterocycles. The fourth-order valence-corrected chi connectivity index (χ4v) is 6.78. The van der Waals surface area contributed by atoms with Crippen LogP contribution in [0.15, 0.2) is 36.4 Å². The zero-order chi connectivity index (χ0) is 21.7. The Balaban J connectivity index is 1.57. The van der Waals surface area contributed by atoms with Gasteiger partial charge >= 0.3 is 0 Å². The molecule has 1 N–H and O–H groups in total. The van der Waals surface area contributed by atoms with Crippen LogP contribution in [0.2, 0.25) is 15.1 Å². The monoisotopic (exact) mass is 475 g/mol. The Labute approximate surface area is 193 Å². The van der Waals surface area contributed by atoms with Gasteiger partial charge in [0.2, 0.25) is 17.7 Å². The van der Waals surface area contributed by atoms with Gasteiger partial charge in [0.1, 0.15) is 5.54 Å². The number of benzene rings is 2. The predicted octanol–water partition coefficient (Wildman–Crippen LogP) is 4.08. The van der Waals surface area contributed by atoms with Crippen molar-refractivity contribution in [2.24, 2.45) is 11.8 Å². The van der Waals surface area contributed by atoms with Crippen molar-refractivity contribution in [3.8, 4) is 0 Å². The third kappa shape index (κ3) is 2.36. The van der Waals surface area contributed by atoms with Crippen LogP contribution in [0, 0.1) is 11.8 Å². The minimum atomic E-state index is -1.25. The highest BCUT2D eigenvalue weighted by Gasteiger charge is 2.74. The number of rotatable bonds is 1. The van der Waals surface area contributed by atoms with E-state index in [0.29, 0.717) is 38.6 Å². The number of hydrogen-bond donors (Lipinski definition) is 1. The molecule has 158 valence electrons. The second kappa shape index (κ2) is 6.45. The summed E-state index contributed by atoms with van der Waals surface area (Å²) in [6, 6.07) is 9.63. The summed E-state index contributed by atoms with van der Waals surface area (Å²) in [5.74, 6) is -2.47. The summed E-state index contributed by atoms with van der Waals surface area (Å²) in [5.41, 5.74) is 0.365. The largest absolute Gasteiger partial charge is 0.324 e. The fraction of sp³-hybridized carbons (Fsp3) is 0.318. The predicted molar refractivity (Wildman–Crippen MR) is 117 cm³/mol. The number of nitrogens with one attached hydrogen (secondary N) is 1. The van der Waals surface area contributed by atoms with Crippen molar-refractivity contribution >= 4 is 63.9 Å². The lowest BCUT2D eigenvalue weighted by atomic mass is 9.75. The van der Waals surface area contributed by atoms with Gasteiger partial charge in [-0.05, 0) is 55.8 Å². The first-order valence-electron chi connectivity index (χ1n) is 10.1. The first-order chi connectivity index (χ1) is 14.8. The lowest BCUT2D eigenvalue weighted by Gasteiger charge is -2.36. The average molecular weight is 477 g/mol. The van der Waals surface area contributed by atoms with Crippen LogP contribution in [0.25, 0.3) is 0 Å². The molecule has 0 unspecified atom stereocenters. The van der Waals surface area contributed by atoms with Gasteiger partial charge in [-0.25, -0.2) is 4.90 Å². The van der Waals surface area contributed by atoms with Crippen LogP contribution in [0.5, 0.6) is 0 Å². The Bertz CT molecular complexity index is 1180. The molecule has 6 nitrogen and oxygen atoms in total. The summed E-state index contributed by atoms with van der Waals surface area (Å²) in [5, 5.41) is 4.06. The molecule has 0 aromatic heterocycles. The molecule has 3 fully saturated rings. The fourth-order valence-electron chi connectivity index (χ4n) is 6.10. The van der Waals surface area contributed by atoms with Crippen molar-refractivity contribution in [2.45, 2.75) is 24.4 Å². The number of halogens is 3. The van der Waals surface area contributed by atoms with Crippen molar-refractivity contribution in [1.29, 1.82) is 0 Å². The van der Waals surface area contributed by atoms with E-state index in [0.717, 1.165) is 17.7 Å². The zero-order valence-corrected chi connectivity index (χ0v) is 18.3. The molecule has 3 amide bonds. The van der Waals surface area contributed by atoms with Crippen LogP contribution in [0.3, 0.4) is 0 Å². The summed E-state index contributed by atoms with van der Waals surface area (Å²) < 4.78 is 0. The molecule has 4 atom stereocenters. The summed E-state index contributed by atoms with van der Waals surface area (Å²) in [4.78, 5) is 44.2. The maximum atomic E-state index is 13.8. The van der Waals surface area contributed by atoms with Gasteiger partial charge < -0.3 is 5.32 Å². The van der Waals surface area contributed by atoms with Gasteiger partial charge in [-0.1, -0.05) is 34.8 Å². The Hall–Kier alpha value is -2.12. The van der Waals surface area contributed by atoms with E-state index in [-0.39, 0.29) is 17.9 Å². The first-order valence-corrected chi connectivity index (χ1v) is 11.2. The van der Waals surface area contributed by atoms with Crippen LogP contribution < -0.4 is 10.2 Å². The van der Waals surface area contributed by atoms with E-state index in [1.54, 1.807) is 36.4 Å². The second-order valence-corrected chi connectivity index (χ2v) is 9.77. The van der Waals surface area contributed by atoms with E-state index in [1.165, 1.54) is 0 Å². The number of anilines is 2. The third-order valence-corrected chi connectivity index (χ3v) is 7.73. The van der Waals surface area contributed by atoms with Crippen LogP contribution in [0.1, 0.15) is 18.4 Å². The lowest BCUT2D eigenvalue weighted by molar-refractivity contribution is -0.135. The van der Waals surface area contributed by atoms with Crippen LogP contribution in [-0.4, -0.2) is 35.2 Å². The molecule has 0 saturated carbocycles. The van der Waals surface area contributed by atoms with Gasteiger partial charge in [0.15, 0.2) is 0 Å². The highest BCUT2D eigenvalue weighted by Crippen LogP contribution is 2.61. The minimum absolute atomic E-state index is 0.197. The summed E-state index contributed by atoms with van der Waals surface area (Å²) >= 11 is 18.6. The number of carbonyl (C=O) groups is 3. The quantitative estimate of drug-likeness (QED) is 0.630. The van der Waals surface area contributed by atoms with Crippen LogP contribution in [0.4, 0.5) is 11.4 Å². The average Bonchev–Trinajstić information content (AvgIpc) is 3.39. The lowest BCUT2D eigenvalue weighted by Crippen LogP contribution is -2.54. The standard InChI is InChI=1S/C22H16Cl3N3O3/c23-10-3-4-15-14(9-10)22(21(31)26-15)18-17(16-2-1-5-27(16)22)19(29)28(20(18)30)13-7-11(24)6-12(25)8-13/h3-4,6-9,16-18H,1-2,5H2,(H,26,31)/t16-,17+,18-,22-/m0/s1. The molecular formula is C22H16Cl3N3O3. The molecule has 4 heterocycles. The summed E-state index contributed by atoms with van der Waals surface area (Å²) in [7, 11) is 0. The Kier molecular flexibility index (Phi) is 4.07. The highest BCUT2D eigenvalue weighted by atomic mass is 35.5. The van der Waals surface area contributed by atoms with E-state index in [9.17, 15) is 14.4 Å². The van der Waals surface area contributed by atoms with Crippen molar-refractivity contribution in [3.63, 3.8) is 0 Å². The molecule has 31 heavy (non-hydrogen) atoms. The van der Waals surface area contributed by atoms with Gasteiger partial charge in [-0.3, -0.25) is 19.3 Å². The molecule has 4 aliphatic rings. The molecule has 4 aliphatic heterocycles. The topological polar surface area (TPSA) is 69.7 Å². The smallest absolute Gasteiger partial charge is 0.250 e. The molecule has 0 radical (unpaired) electrons. The number of amides is 3. The van der Waals surface area contributed by atoms with Crippen LogP contribution in [-0.2, 0) is 19.9 Å². The van der Waals surface area contributed by atoms with E-state index in [2.05, 4.69) is 10.2 Å². The van der Waals surface area contributed by atoms with E-state index in [4.69, 9.17) is 34.8 Å². The van der Waals surface area contributed by atoms with Crippen molar-refractivity contribution < 1.29 is 14.4 Å². The maximum absolute atomic E-state index is 13.8. The van der Waals surface area contributed by atoms with Crippen molar-refractivity contribution in [3.05, 3.63) is 57.0 Å². The molecule has 0 aliphatic carbocycles. The molecular weight excluding hydrogens is 461 g/mol. The van der Waals surface area contributed by atoms with E-state index >= 15 is 0 Å². The Morgan fingerprint density at radius 1 is 0.935 bits per heavy atom. The number of nitrogens with zero attached hydrogens (tertiary/aromatic N) is 2. The molecule has 0 bridgehead atoms. The zero-order valence-electron chi connectivity index (χ0n) is 16.1. The van der Waals surface area contributed by atoms with E-state index < -0.39 is 23.3 Å². The molecule has 2 aromatic rings. The SMILES string of the molecule is O=C1[C@H]2[C@@H](C(=O)N1c1cc(Cl)cc(Cl)c1)[C@@]1(C(=O)Nc3ccc(Cl)cc31)N1CCC[C@@H]21. The third-order valence-electron chi connectivity index (χ3n) is 7.06. The molecule has 2 aromatic carbocycles. The minimum Gasteiger partial charge on any atom is -0.324 e. The molecule has 6 rings (SSSR count). The summed E-state index contributed by atoms with van der Waals surface area (Å²) in [6.45, 7) is 0.639. The number of carbonyl (C=O) groups excluding carboxylic acids is 3. The normalized spacial score (nSPS) is 31.4. The Morgan fingerprint density at radius 2 is 1.68 bits per heavy atom. The number of hydrogen-bond acceptors (Lipinski definition) is 4. The number of fused-ring (bicyclic) bond motifs is 7. The van der Waals surface area contributed by atoms with Gasteiger partial charge in [0.05, 0.1) is 17.5 Å². The van der Waals surface area contributed by atoms with Crippen molar-refractivity contribution in [2.75, 3.05) is 16.8 Å². The highest BCUT2D eigenvalue weighted by molar-refractivity contribution is 6.36. The molecule has 1 spiro atoms. The summed E-state index contributed by atoms with van der Waals surface area (Å²) in [6.07, 6.45) is 1.60.